The number of rotatable bonds is 4. The van der Waals surface area contributed by atoms with E-state index in [9.17, 15) is 4.79 Å². The van der Waals surface area contributed by atoms with Gasteiger partial charge in [0.25, 0.3) is 5.91 Å². The summed E-state index contributed by atoms with van der Waals surface area (Å²) in [7, 11) is 0. The third kappa shape index (κ3) is 3.48. The lowest BCUT2D eigenvalue weighted by molar-refractivity contribution is 0.102. The van der Waals surface area contributed by atoms with Crippen LogP contribution >= 0.6 is 11.3 Å². The molecule has 2 aromatic heterocycles. The minimum Gasteiger partial charge on any atom is -0.368 e. The van der Waals surface area contributed by atoms with Crippen LogP contribution in [0.3, 0.4) is 0 Å². The number of hydrogen-bond acceptors (Lipinski definition) is 6. The topological polar surface area (TPSA) is 85.9 Å². The number of hydrogen-bond donors (Lipinski definition) is 3. The molecule has 0 saturated carbocycles. The molecule has 1 fully saturated rings. The number of carbonyl (C=O) groups is 1. The fourth-order valence-corrected chi connectivity index (χ4v) is 4.17. The van der Waals surface area contributed by atoms with E-state index in [4.69, 9.17) is 4.98 Å². The molecule has 3 heterocycles. The second-order valence-electron chi connectivity index (χ2n) is 6.83. The first-order valence-corrected chi connectivity index (χ1v) is 10.4. The molecule has 2 aromatic carbocycles. The number of H-pyrrole nitrogens is 1. The smallest absolute Gasteiger partial charge is 0.259 e. The van der Waals surface area contributed by atoms with Crippen LogP contribution in [-0.2, 0) is 0 Å². The maximum atomic E-state index is 12.8. The maximum Gasteiger partial charge on any atom is 0.259 e. The number of piperazine rings is 1. The monoisotopic (exact) mass is 404 g/mol. The van der Waals surface area contributed by atoms with E-state index in [0.717, 1.165) is 48.8 Å². The Hall–Kier alpha value is -3.23. The van der Waals surface area contributed by atoms with Gasteiger partial charge in [-0.2, -0.15) is 0 Å². The highest BCUT2D eigenvalue weighted by Crippen LogP contribution is 2.31. The molecule has 1 amide bonds. The average Bonchev–Trinajstić information content (AvgIpc) is 3.43. The zero-order valence-corrected chi connectivity index (χ0v) is 16.5. The van der Waals surface area contributed by atoms with Crippen LogP contribution in [-0.4, -0.2) is 47.0 Å². The first-order valence-electron chi connectivity index (χ1n) is 9.54. The van der Waals surface area contributed by atoms with E-state index >= 15 is 0 Å². The molecular weight excluding hydrogens is 384 g/mol. The van der Waals surface area contributed by atoms with Crippen molar-refractivity contribution in [1.29, 1.82) is 0 Å². The van der Waals surface area contributed by atoms with Crippen LogP contribution in [0.1, 0.15) is 10.4 Å². The van der Waals surface area contributed by atoms with Gasteiger partial charge in [-0.05, 0) is 24.3 Å². The number of para-hydroxylation sites is 2. The van der Waals surface area contributed by atoms with E-state index in [1.54, 1.807) is 12.3 Å². The Morgan fingerprint density at radius 2 is 1.97 bits per heavy atom. The summed E-state index contributed by atoms with van der Waals surface area (Å²) in [6.45, 7) is 3.85. The number of imidazole rings is 1. The number of amides is 1. The van der Waals surface area contributed by atoms with Crippen LogP contribution in [0.15, 0.2) is 54.0 Å². The second-order valence-corrected chi connectivity index (χ2v) is 7.73. The highest BCUT2D eigenvalue weighted by Gasteiger charge is 2.19. The van der Waals surface area contributed by atoms with E-state index in [2.05, 4.69) is 43.7 Å². The predicted molar refractivity (Wildman–Crippen MR) is 117 cm³/mol. The summed E-state index contributed by atoms with van der Waals surface area (Å²) >= 11 is 1.39. The van der Waals surface area contributed by atoms with Gasteiger partial charge < -0.3 is 15.2 Å². The highest BCUT2D eigenvalue weighted by molar-refractivity contribution is 7.13. The van der Waals surface area contributed by atoms with Gasteiger partial charge in [-0.1, -0.05) is 18.2 Å². The Morgan fingerprint density at radius 3 is 2.79 bits per heavy atom. The maximum absolute atomic E-state index is 12.8. The number of fused-ring (bicyclic) bond motifs is 1. The summed E-state index contributed by atoms with van der Waals surface area (Å²) in [5.74, 6) is 0.558. The number of carbonyl (C=O) groups excluding carboxylic acids is 1. The van der Waals surface area contributed by atoms with Crippen LogP contribution in [0, 0.1) is 0 Å². The van der Waals surface area contributed by atoms with Gasteiger partial charge >= 0.3 is 0 Å². The SMILES string of the molecule is O=C(Nc1nccs1)c1cccc2[nH]c(-c3ccccc3N3CCNCC3)nc12. The lowest BCUT2D eigenvalue weighted by Gasteiger charge is -2.30. The van der Waals surface area contributed by atoms with Crippen LogP contribution in [0.4, 0.5) is 10.8 Å². The Labute approximate surface area is 171 Å². The number of nitrogens with one attached hydrogen (secondary N) is 3. The summed E-state index contributed by atoms with van der Waals surface area (Å²) < 4.78 is 0. The first kappa shape index (κ1) is 17.8. The zero-order chi connectivity index (χ0) is 19.6. The quantitative estimate of drug-likeness (QED) is 0.486. The van der Waals surface area contributed by atoms with Crippen molar-refractivity contribution < 1.29 is 4.79 Å². The molecule has 0 spiro atoms. The molecule has 146 valence electrons. The van der Waals surface area contributed by atoms with Crippen molar-refractivity contribution in [3.63, 3.8) is 0 Å². The molecule has 29 heavy (non-hydrogen) atoms. The van der Waals surface area contributed by atoms with Crippen LogP contribution < -0.4 is 15.5 Å². The molecule has 1 saturated heterocycles. The van der Waals surface area contributed by atoms with E-state index in [1.807, 2.05) is 23.6 Å². The molecule has 3 N–H and O–H groups in total. The minimum absolute atomic E-state index is 0.209. The van der Waals surface area contributed by atoms with Gasteiger partial charge in [0.2, 0.25) is 0 Å². The number of anilines is 2. The Kier molecular flexibility index (Phi) is 4.71. The van der Waals surface area contributed by atoms with Gasteiger partial charge in [-0.3, -0.25) is 10.1 Å². The van der Waals surface area contributed by atoms with Gasteiger partial charge in [0.1, 0.15) is 11.3 Å². The van der Waals surface area contributed by atoms with Crippen LogP contribution in [0.5, 0.6) is 0 Å². The number of thiazole rings is 1. The van der Waals surface area contributed by atoms with E-state index in [-0.39, 0.29) is 5.91 Å². The molecule has 0 unspecified atom stereocenters. The van der Waals surface area contributed by atoms with Gasteiger partial charge in [-0.25, -0.2) is 9.97 Å². The molecule has 5 rings (SSSR count). The molecule has 0 atom stereocenters. The molecule has 1 aliphatic heterocycles. The fraction of sp³-hybridized carbons (Fsp3) is 0.190. The molecular formula is C21H20N6OS. The van der Waals surface area contributed by atoms with Gasteiger partial charge in [0.05, 0.1) is 11.1 Å². The largest absolute Gasteiger partial charge is 0.368 e. The molecule has 1 aliphatic rings. The highest BCUT2D eigenvalue weighted by atomic mass is 32.1. The van der Waals surface area contributed by atoms with Crippen LogP contribution in [0.25, 0.3) is 22.4 Å². The van der Waals surface area contributed by atoms with E-state index < -0.39 is 0 Å². The van der Waals surface area contributed by atoms with E-state index in [0.29, 0.717) is 16.2 Å². The summed E-state index contributed by atoms with van der Waals surface area (Å²) in [5, 5.41) is 8.64. The van der Waals surface area contributed by atoms with Crippen molar-refractivity contribution >= 4 is 39.1 Å². The number of benzene rings is 2. The molecule has 0 aliphatic carbocycles. The molecule has 4 aromatic rings. The molecule has 0 bridgehead atoms. The summed E-state index contributed by atoms with van der Waals surface area (Å²) in [6.07, 6.45) is 1.67. The van der Waals surface area contributed by atoms with Crippen molar-refractivity contribution in [1.82, 2.24) is 20.3 Å². The summed E-state index contributed by atoms with van der Waals surface area (Å²) in [4.78, 5) is 27.5. The standard InChI is InChI=1S/C21H20N6OS/c28-20(26-21-23-10-13-29-21)15-5-3-6-16-18(15)25-19(24-16)14-4-1-2-7-17(14)27-11-8-22-9-12-27/h1-7,10,13,22H,8-9,11-12H2,(H,24,25)(H,23,26,28). The van der Waals surface area contributed by atoms with Crippen molar-refractivity contribution in [2.24, 2.45) is 0 Å². The zero-order valence-electron chi connectivity index (χ0n) is 15.7. The van der Waals surface area contributed by atoms with Gasteiger partial charge in [0, 0.05) is 49.0 Å². The lowest BCUT2D eigenvalue weighted by Crippen LogP contribution is -2.43. The molecule has 7 nitrogen and oxygen atoms in total. The number of aromatic nitrogens is 3. The third-order valence-electron chi connectivity index (χ3n) is 5.03. The van der Waals surface area contributed by atoms with E-state index in [1.165, 1.54) is 11.3 Å². The van der Waals surface area contributed by atoms with Crippen molar-refractivity contribution in [3.05, 3.63) is 59.6 Å². The van der Waals surface area contributed by atoms with Crippen LogP contribution in [0.2, 0.25) is 0 Å². The average molecular weight is 404 g/mol. The van der Waals surface area contributed by atoms with Crippen molar-refractivity contribution in [2.45, 2.75) is 0 Å². The lowest BCUT2D eigenvalue weighted by atomic mass is 10.1. The summed E-state index contributed by atoms with van der Waals surface area (Å²) in [6, 6.07) is 13.9. The Balaban J connectivity index is 1.54. The fourth-order valence-electron chi connectivity index (χ4n) is 3.65. The number of aromatic amines is 1. The van der Waals surface area contributed by atoms with Gasteiger partial charge in [0.15, 0.2) is 5.13 Å². The second kappa shape index (κ2) is 7.65. The Morgan fingerprint density at radius 1 is 1.10 bits per heavy atom. The van der Waals surface area contributed by atoms with Crippen molar-refractivity contribution in [2.75, 3.05) is 36.4 Å². The Bertz CT molecular complexity index is 1150. The molecule has 0 radical (unpaired) electrons. The molecule has 8 heteroatoms. The third-order valence-corrected chi connectivity index (χ3v) is 5.72. The minimum atomic E-state index is -0.209. The van der Waals surface area contributed by atoms with Gasteiger partial charge in [-0.15, -0.1) is 11.3 Å². The number of nitrogens with zero attached hydrogens (tertiary/aromatic N) is 3. The summed E-state index contributed by atoms with van der Waals surface area (Å²) in [5.41, 5.74) is 4.21. The first-order chi connectivity index (χ1) is 14.3. The normalized spacial score (nSPS) is 14.3. The van der Waals surface area contributed by atoms with Crippen molar-refractivity contribution in [3.8, 4) is 11.4 Å². The predicted octanol–water partition coefficient (Wildman–Crippen LogP) is 3.35.